The topological polar surface area (TPSA) is 161 Å². The van der Waals surface area contributed by atoms with Crippen LogP contribution in [0.15, 0.2) is 17.4 Å². The number of fused-ring (bicyclic) bond motifs is 1. The van der Waals surface area contributed by atoms with E-state index >= 15 is 0 Å². The van der Waals surface area contributed by atoms with Gasteiger partial charge in [0.1, 0.15) is 19.2 Å². The quantitative estimate of drug-likeness (QED) is 0.365. The van der Waals surface area contributed by atoms with Crippen LogP contribution in [0.1, 0.15) is 19.1 Å². The van der Waals surface area contributed by atoms with Crippen LogP contribution in [-0.2, 0) is 32.4 Å². The van der Waals surface area contributed by atoms with Gasteiger partial charge < -0.3 is 29.5 Å². The van der Waals surface area contributed by atoms with Gasteiger partial charge in [-0.05, 0) is 24.6 Å². The number of aromatic nitrogens is 4. The molecule has 1 aliphatic heterocycles. The standard InChI is InChI=1S/C14H20N5O7PS/c20-5-10(21)15-3-4-18-7-17-13-12(14(18)22)16-8-19(13)11-2-1-9(26-11)6-25-27(23,24)28/h7-9,11,20H,1-6H2,(H,15,21)(H2,23,24,28)/t9-,11+/m0/s1. The van der Waals surface area contributed by atoms with E-state index in [0.29, 0.717) is 18.5 Å². The summed E-state index contributed by atoms with van der Waals surface area (Å²) in [5.41, 5.74) is 0.170. The lowest BCUT2D eigenvalue weighted by molar-refractivity contribution is -0.123. The van der Waals surface area contributed by atoms with Gasteiger partial charge >= 0.3 is 6.72 Å². The number of carbonyl (C=O) groups is 1. The summed E-state index contributed by atoms with van der Waals surface area (Å²) in [4.78, 5) is 50.3. The van der Waals surface area contributed by atoms with Crippen LogP contribution in [0.25, 0.3) is 11.2 Å². The number of imidazole rings is 1. The lowest BCUT2D eigenvalue weighted by atomic mass is 10.2. The van der Waals surface area contributed by atoms with E-state index in [1.807, 2.05) is 0 Å². The van der Waals surface area contributed by atoms with E-state index in [4.69, 9.17) is 24.2 Å². The maximum Gasteiger partial charge on any atom is 0.321 e. The van der Waals surface area contributed by atoms with Crippen LogP contribution >= 0.6 is 6.72 Å². The molecule has 1 amide bonds. The molecule has 0 aromatic carbocycles. The van der Waals surface area contributed by atoms with Crippen molar-refractivity contribution in [3.8, 4) is 0 Å². The van der Waals surface area contributed by atoms with E-state index in [9.17, 15) is 9.59 Å². The molecule has 3 rings (SSSR count). The van der Waals surface area contributed by atoms with Crippen LogP contribution in [0, 0.1) is 0 Å². The van der Waals surface area contributed by atoms with Gasteiger partial charge in [-0.3, -0.25) is 18.7 Å². The van der Waals surface area contributed by atoms with E-state index < -0.39 is 25.5 Å². The van der Waals surface area contributed by atoms with Gasteiger partial charge in [-0.25, -0.2) is 9.97 Å². The second kappa shape index (κ2) is 8.74. The molecule has 1 fully saturated rings. The predicted molar refractivity (Wildman–Crippen MR) is 99.7 cm³/mol. The third kappa shape index (κ3) is 5.00. The molecule has 1 aliphatic rings. The smallest absolute Gasteiger partial charge is 0.321 e. The first kappa shape index (κ1) is 21.0. The average Bonchev–Trinajstić information content (AvgIpc) is 3.28. The van der Waals surface area contributed by atoms with Crippen molar-refractivity contribution >= 4 is 35.6 Å². The molecule has 4 N–H and O–H groups in total. The van der Waals surface area contributed by atoms with Crippen LogP contribution < -0.4 is 10.9 Å². The Bertz CT molecular complexity index is 957. The summed E-state index contributed by atoms with van der Waals surface area (Å²) in [6.07, 6.45) is 3.27. The number of nitrogens with one attached hydrogen (secondary N) is 1. The van der Waals surface area contributed by atoms with Gasteiger partial charge in [0.15, 0.2) is 11.2 Å². The molecule has 14 heteroatoms. The molecule has 0 radical (unpaired) electrons. The van der Waals surface area contributed by atoms with Gasteiger partial charge in [-0.2, -0.15) is 0 Å². The zero-order valence-corrected chi connectivity index (χ0v) is 16.4. The summed E-state index contributed by atoms with van der Waals surface area (Å²) < 4.78 is 13.6. The Labute approximate surface area is 164 Å². The molecule has 154 valence electrons. The fraction of sp³-hybridized carbons (Fsp3) is 0.571. The van der Waals surface area contributed by atoms with E-state index in [0.717, 1.165) is 0 Å². The fourth-order valence-electron chi connectivity index (χ4n) is 2.88. The Hall–Kier alpha value is -1.73. The van der Waals surface area contributed by atoms with E-state index in [1.165, 1.54) is 17.2 Å². The number of ether oxygens (including phenoxy) is 1. The Morgan fingerprint density at radius 1 is 1.39 bits per heavy atom. The van der Waals surface area contributed by atoms with Crippen molar-refractivity contribution in [1.82, 2.24) is 24.4 Å². The molecule has 28 heavy (non-hydrogen) atoms. The minimum Gasteiger partial charge on any atom is -0.387 e. The van der Waals surface area contributed by atoms with Gasteiger partial charge in [0.2, 0.25) is 5.91 Å². The number of hydrogen-bond donors (Lipinski definition) is 4. The van der Waals surface area contributed by atoms with Gasteiger partial charge in [0.25, 0.3) is 5.56 Å². The van der Waals surface area contributed by atoms with Gasteiger partial charge in [-0.15, -0.1) is 0 Å². The summed E-state index contributed by atoms with van der Waals surface area (Å²) in [7, 11) is 0. The molecular formula is C14H20N5O7PS. The van der Waals surface area contributed by atoms with Crippen molar-refractivity contribution in [1.29, 1.82) is 0 Å². The lowest BCUT2D eigenvalue weighted by Gasteiger charge is -2.16. The monoisotopic (exact) mass is 433 g/mol. The SMILES string of the molecule is O=C(CO)NCCn1cnc2c(ncn2[C@H]2CC[C@@H](COP(O)(O)=S)O2)c1=O. The Morgan fingerprint density at radius 2 is 2.18 bits per heavy atom. The number of aliphatic hydroxyl groups excluding tert-OH is 1. The van der Waals surface area contributed by atoms with Crippen LogP contribution in [0.4, 0.5) is 0 Å². The number of rotatable bonds is 8. The molecule has 1 saturated heterocycles. The van der Waals surface area contributed by atoms with Crippen molar-refractivity contribution < 1.29 is 28.9 Å². The zero-order chi connectivity index (χ0) is 20.3. The number of amides is 1. The second-order valence-corrected chi connectivity index (χ2v) is 8.82. The molecule has 0 saturated carbocycles. The highest BCUT2D eigenvalue weighted by atomic mass is 32.5. The second-order valence-electron chi connectivity index (χ2n) is 6.15. The summed E-state index contributed by atoms with van der Waals surface area (Å²) in [5, 5.41) is 11.1. The van der Waals surface area contributed by atoms with E-state index in [2.05, 4.69) is 27.1 Å². The first-order valence-corrected chi connectivity index (χ1v) is 11.1. The number of nitrogens with zero attached hydrogens (tertiary/aromatic N) is 4. The highest BCUT2D eigenvalue weighted by Crippen LogP contribution is 2.38. The Balaban J connectivity index is 1.69. The van der Waals surface area contributed by atoms with E-state index in [-0.39, 0.29) is 36.9 Å². The van der Waals surface area contributed by atoms with Crippen molar-refractivity contribution in [2.24, 2.45) is 0 Å². The minimum absolute atomic E-state index is 0.0345. The molecule has 0 spiro atoms. The molecule has 2 aromatic heterocycles. The first-order chi connectivity index (χ1) is 13.3. The summed E-state index contributed by atoms with van der Waals surface area (Å²) >= 11 is 4.42. The highest BCUT2D eigenvalue weighted by Gasteiger charge is 2.29. The molecule has 0 bridgehead atoms. The predicted octanol–water partition coefficient (Wildman–Crippen LogP) is -1.40. The Morgan fingerprint density at radius 3 is 2.89 bits per heavy atom. The minimum atomic E-state index is -3.73. The van der Waals surface area contributed by atoms with Crippen LogP contribution in [0.3, 0.4) is 0 Å². The van der Waals surface area contributed by atoms with Crippen molar-refractivity contribution in [3.63, 3.8) is 0 Å². The maximum absolute atomic E-state index is 12.5. The maximum atomic E-state index is 12.5. The van der Waals surface area contributed by atoms with Crippen molar-refractivity contribution in [3.05, 3.63) is 23.0 Å². The third-order valence-electron chi connectivity index (χ3n) is 4.19. The first-order valence-electron chi connectivity index (χ1n) is 8.43. The normalized spacial score (nSPS) is 20.0. The fourth-order valence-corrected chi connectivity index (χ4v) is 3.43. The van der Waals surface area contributed by atoms with Gasteiger partial charge in [0, 0.05) is 13.1 Å². The molecule has 0 unspecified atom stereocenters. The largest absolute Gasteiger partial charge is 0.387 e. The van der Waals surface area contributed by atoms with Gasteiger partial charge in [-0.1, -0.05) is 0 Å². The number of aliphatic hydroxyl groups is 1. The molecule has 3 heterocycles. The molecular weight excluding hydrogens is 413 g/mol. The van der Waals surface area contributed by atoms with Gasteiger partial charge in [0.05, 0.1) is 19.0 Å². The molecule has 2 aromatic rings. The summed E-state index contributed by atoms with van der Waals surface area (Å²) in [6, 6.07) is 0. The average molecular weight is 433 g/mol. The van der Waals surface area contributed by atoms with E-state index in [1.54, 1.807) is 4.57 Å². The molecule has 2 atom stereocenters. The Kier molecular flexibility index (Phi) is 6.55. The third-order valence-corrected chi connectivity index (χ3v) is 4.99. The summed E-state index contributed by atoms with van der Waals surface area (Å²) in [5.74, 6) is -0.527. The zero-order valence-electron chi connectivity index (χ0n) is 14.7. The summed E-state index contributed by atoms with van der Waals surface area (Å²) in [6.45, 7) is -4.02. The lowest BCUT2D eigenvalue weighted by Crippen LogP contribution is -2.32. The van der Waals surface area contributed by atoms with Crippen LogP contribution in [-0.4, -0.2) is 65.8 Å². The van der Waals surface area contributed by atoms with Crippen molar-refractivity contribution in [2.45, 2.75) is 31.7 Å². The highest BCUT2D eigenvalue weighted by molar-refractivity contribution is 8.06. The number of hydrogen-bond acceptors (Lipinski definition) is 8. The molecule has 0 aliphatic carbocycles. The van der Waals surface area contributed by atoms with Crippen LogP contribution in [0.2, 0.25) is 0 Å². The van der Waals surface area contributed by atoms with Crippen LogP contribution in [0.5, 0.6) is 0 Å². The number of carbonyl (C=O) groups excluding carboxylic acids is 1. The van der Waals surface area contributed by atoms with Crippen molar-refractivity contribution in [2.75, 3.05) is 19.8 Å². The molecule has 12 nitrogen and oxygen atoms in total.